The van der Waals surface area contributed by atoms with Crippen LogP contribution >= 0.6 is 0 Å². The van der Waals surface area contributed by atoms with Crippen molar-refractivity contribution in [2.24, 2.45) is 0 Å². The van der Waals surface area contributed by atoms with Gasteiger partial charge in [-0.25, -0.2) is 15.0 Å². The van der Waals surface area contributed by atoms with Crippen molar-refractivity contribution in [2.45, 2.75) is 0 Å². The SMILES string of the molecule is c1ccc(-c2nc(-c3ccccc3)nc(-c3ccc(-c4ccc5oc6ccccc6c5c4-c4ccc5c6ccccc6c6ccccc6c5c4)cc3)n2)cc1. The van der Waals surface area contributed by atoms with Gasteiger partial charge in [-0.3, -0.25) is 0 Å². The molecule has 0 fully saturated rings. The summed E-state index contributed by atoms with van der Waals surface area (Å²) in [6, 6.07) is 65.8. The molecule has 0 aliphatic heterocycles. The van der Waals surface area contributed by atoms with Crippen molar-refractivity contribution in [3.8, 4) is 56.4 Å². The molecule has 9 aromatic carbocycles. The summed E-state index contributed by atoms with van der Waals surface area (Å²) in [5.41, 5.74) is 9.06. The van der Waals surface area contributed by atoms with Crippen LogP contribution in [0.25, 0.3) is 111 Å². The Labute approximate surface area is 317 Å². The highest BCUT2D eigenvalue weighted by molar-refractivity contribution is 6.26. The van der Waals surface area contributed by atoms with Crippen LogP contribution in [0.15, 0.2) is 192 Å². The number of para-hydroxylation sites is 1. The van der Waals surface area contributed by atoms with Gasteiger partial charge in [0.2, 0.25) is 0 Å². The molecule has 0 spiro atoms. The van der Waals surface area contributed by atoms with Gasteiger partial charge in [-0.05, 0) is 67.2 Å². The molecule has 4 heteroatoms. The number of furan rings is 1. The Kier molecular flexibility index (Phi) is 7.14. The van der Waals surface area contributed by atoms with Crippen LogP contribution < -0.4 is 0 Å². The third-order valence-electron chi connectivity index (χ3n) is 10.7. The molecular weight excluding hydrogens is 671 g/mol. The van der Waals surface area contributed by atoms with Gasteiger partial charge in [-0.1, -0.05) is 170 Å². The van der Waals surface area contributed by atoms with Crippen molar-refractivity contribution < 1.29 is 4.42 Å². The van der Waals surface area contributed by atoms with Crippen LogP contribution in [0.4, 0.5) is 0 Å². The standard InChI is InChI=1S/C51H31N3O/c1-3-13-33(14-4-1)49-52-50(34-15-5-2-6-16-34)54-51(53-49)35-25-23-32(24-26-35)37-29-30-46-48(43-21-11-12-22-45(43)55-46)47(37)36-27-28-42-40-19-8-7-17-38(40)39-18-9-10-20-41(39)44(42)31-36/h1-31H. The molecule has 0 saturated heterocycles. The maximum atomic E-state index is 6.47. The Morgan fingerprint density at radius 1 is 0.291 bits per heavy atom. The van der Waals surface area contributed by atoms with E-state index >= 15 is 0 Å². The molecule has 256 valence electrons. The summed E-state index contributed by atoms with van der Waals surface area (Å²) in [6.07, 6.45) is 0. The molecule has 0 aliphatic rings. The predicted molar refractivity (Wildman–Crippen MR) is 227 cm³/mol. The Morgan fingerprint density at radius 2 is 0.727 bits per heavy atom. The van der Waals surface area contributed by atoms with Crippen molar-refractivity contribution in [2.75, 3.05) is 0 Å². The molecule has 0 aliphatic carbocycles. The van der Waals surface area contributed by atoms with Gasteiger partial charge in [0.15, 0.2) is 17.5 Å². The van der Waals surface area contributed by atoms with Gasteiger partial charge < -0.3 is 4.42 Å². The van der Waals surface area contributed by atoms with Gasteiger partial charge in [0.05, 0.1) is 0 Å². The molecule has 11 rings (SSSR count). The number of fused-ring (bicyclic) bond motifs is 9. The number of nitrogens with zero attached hydrogens (tertiary/aromatic N) is 3. The minimum atomic E-state index is 0.629. The van der Waals surface area contributed by atoms with E-state index in [0.717, 1.165) is 60.9 Å². The molecule has 0 N–H and O–H groups in total. The third kappa shape index (κ3) is 5.19. The average molecular weight is 702 g/mol. The summed E-state index contributed by atoms with van der Waals surface area (Å²) in [7, 11) is 0. The average Bonchev–Trinajstić information content (AvgIpc) is 3.65. The highest BCUT2D eigenvalue weighted by atomic mass is 16.3. The smallest absolute Gasteiger partial charge is 0.164 e. The van der Waals surface area contributed by atoms with E-state index in [2.05, 4.69) is 121 Å². The first kappa shape index (κ1) is 31.1. The van der Waals surface area contributed by atoms with Gasteiger partial charge in [-0.15, -0.1) is 0 Å². The first-order valence-electron chi connectivity index (χ1n) is 18.5. The first-order valence-corrected chi connectivity index (χ1v) is 18.5. The second-order valence-electron chi connectivity index (χ2n) is 13.9. The highest BCUT2D eigenvalue weighted by Gasteiger charge is 2.20. The molecule has 0 radical (unpaired) electrons. The maximum Gasteiger partial charge on any atom is 0.164 e. The zero-order chi connectivity index (χ0) is 36.3. The molecule has 0 amide bonds. The molecule has 0 unspecified atom stereocenters. The molecule has 55 heavy (non-hydrogen) atoms. The van der Waals surface area contributed by atoms with Gasteiger partial charge >= 0.3 is 0 Å². The van der Waals surface area contributed by atoms with E-state index in [1.165, 1.54) is 32.3 Å². The summed E-state index contributed by atoms with van der Waals surface area (Å²) < 4.78 is 6.47. The number of rotatable bonds is 5. The lowest BCUT2D eigenvalue weighted by atomic mass is 9.87. The van der Waals surface area contributed by atoms with E-state index in [4.69, 9.17) is 19.4 Å². The molecule has 11 aromatic rings. The Bertz CT molecular complexity index is 3150. The number of aromatic nitrogens is 3. The fourth-order valence-electron chi connectivity index (χ4n) is 8.16. The predicted octanol–water partition coefficient (Wildman–Crippen LogP) is 13.6. The quantitative estimate of drug-likeness (QED) is 0.168. The Balaban J connectivity index is 1.11. The summed E-state index contributed by atoms with van der Waals surface area (Å²) >= 11 is 0. The fraction of sp³-hybridized carbons (Fsp3) is 0. The van der Waals surface area contributed by atoms with E-state index in [1.807, 2.05) is 66.7 Å². The van der Waals surface area contributed by atoms with Crippen LogP contribution in [0, 0.1) is 0 Å². The molecular formula is C51H31N3O. The topological polar surface area (TPSA) is 51.8 Å². The van der Waals surface area contributed by atoms with Crippen LogP contribution in [0.3, 0.4) is 0 Å². The molecule has 0 saturated carbocycles. The Morgan fingerprint density at radius 3 is 1.31 bits per heavy atom. The van der Waals surface area contributed by atoms with Crippen molar-refractivity contribution in [3.63, 3.8) is 0 Å². The first-order chi connectivity index (χ1) is 27.3. The lowest BCUT2D eigenvalue weighted by Crippen LogP contribution is -2.00. The second-order valence-corrected chi connectivity index (χ2v) is 13.9. The van der Waals surface area contributed by atoms with Crippen LogP contribution in [-0.2, 0) is 0 Å². The summed E-state index contributed by atoms with van der Waals surface area (Å²) in [5, 5.41) is 9.72. The van der Waals surface area contributed by atoms with Gasteiger partial charge in [0.25, 0.3) is 0 Å². The van der Waals surface area contributed by atoms with E-state index < -0.39 is 0 Å². The molecule has 0 bridgehead atoms. The van der Waals surface area contributed by atoms with Crippen LogP contribution in [-0.4, -0.2) is 15.0 Å². The summed E-state index contributed by atoms with van der Waals surface area (Å²) in [5.74, 6) is 1.92. The minimum Gasteiger partial charge on any atom is -0.456 e. The normalized spacial score (nSPS) is 11.6. The number of benzene rings is 9. The van der Waals surface area contributed by atoms with Crippen LogP contribution in [0.5, 0.6) is 0 Å². The largest absolute Gasteiger partial charge is 0.456 e. The summed E-state index contributed by atoms with van der Waals surface area (Å²) in [4.78, 5) is 14.8. The van der Waals surface area contributed by atoms with Crippen molar-refractivity contribution in [1.82, 2.24) is 15.0 Å². The van der Waals surface area contributed by atoms with E-state index in [-0.39, 0.29) is 0 Å². The highest BCUT2D eigenvalue weighted by Crippen LogP contribution is 2.45. The lowest BCUT2D eigenvalue weighted by Gasteiger charge is -2.16. The monoisotopic (exact) mass is 701 g/mol. The molecule has 0 atom stereocenters. The number of hydrogen-bond donors (Lipinski definition) is 0. The fourth-order valence-corrected chi connectivity index (χ4v) is 8.16. The van der Waals surface area contributed by atoms with E-state index in [0.29, 0.717) is 17.5 Å². The van der Waals surface area contributed by atoms with Crippen LogP contribution in [0.2, 0.25) is 0 Å². The zero-order valence-corrected chi connectivity index (χ0v) is 29.6. The maximum absolute atomic E-state index is 6.47. The van der Waals surface area contributed by atoms with E-state index in [1.54, 1.807) is 0 Å². The van der Waals surface area contributed by atoms with Crippen molar-refractivity contribution in [3.05, 3.63) is 188 Å². The third-order valence-corrected chi connectivity index (χ3v) is 10.7. The molecule has 2 aromatic heterocycles. The number of hydrogen-bond acceptors (Lipinski definition) is 4. The minimum absolute atomic E-state index is 0.629. The molecule has 4 nitrogen and oxygen atoms in total. The van der Waals surface area contributed by atoms with Crippen LogP contribution in [0.1, 0.15) is 0 Å². The Hall–Kier alpha value is -7.43. The lowest BCUT2D eigenvalue weighted by molar-refractivity contribution is 0.669. The zero-order valence-electron chi connectivity index (χ0n) is 29.6. The second kappa shape index (κ2) is 12.6. The van der Waals surface area contributed by atoms with Crippen molar-refractivity contribution >= 4 is 54.3 Å². The van der Waals surface area contributed by atoms with Crippen molar-refractivity contribution in [1.29, 1.82) is 0 Å². The van der Waals surface area contributed by atoms with Gasteiger partial charge in [0, 0.05) is 33.0 Å². The van der Waals surface area contributed by atoms with Gasteiger partial charge in [-0.2, -0.15) is 0 Å². The summed E-state index contributed by atoms with van der Waals surface area (Å²) in [6.45, 7) is 0. The molecule has 2 heterocycles. The van der Waals surface area contributed by atoms with E-state index in [9.17, 15) is 0 Å². The van der Waals surface area contributed by atoms with Gasteiger partial charge in [0.1, 0.15) is 11.2 Å².